The second-order valence-corrected chi connectivity index (χ2v) is 8.27. The summed E-state index contributed by atoms with van der Waals surface area (Å²) in [5, 5.41) is 3.23. The number of sulfonamides is 1. The van der Waals surface area contributed by atoms with E-state index < -0.39 is 21.8 Å². The number of amidine groups is 1. The van der Waals surface area contributed by atoms with Crippen LogP contribution in [-0.2, 0) is 14.8 Å². The van der Waals surface area contributed by atoms with Crippen molar-refractivity contribution >= 4 is 44.5 Å². The van der Waals surface area contributed by atoms with Crippen molar-refractivity contribution in [3.05, 3.63) is 29.8 Å². The first kappa shape index (κ1) is 16.0. The van der Waals surface area contributed by atoms with Crippen molar-refractivity contribution in [1.82, 2.24) is 5.32 Å². The van der Waals surface area contributed by atoms with Gasteiger partial charge in [0.25, 0.3) is 5.91 Å². The predicted molar refractivity (Wildman–Crippen MR) is 89.1 cm³/mol. The van der Waals surface area contributed by atoms with Crippen LogP contribution in [0.4, 0.5) is 5.69 Å². The minimum absolute atomic E-state index is 0.188. The minimum Gasteiger partial charge on any atom is -0.301 e. The van der Waals surface area contributed by atoms with Crippen LogP contribution in [-0.4, -0.2) is 43.5 Å². The number of hydrogen-bond donors (Lipinski definition) is 1. The first-order valence-electron chi connectivity index (χ1n) is 7.04. The Morgan fingerprint density at radius 1 is 1.43 bits per heavy atom. The molecule has 0 bridgehead atoms. The molecular formula is C14H15N3O4S2. The van der Waals surface area contributed by atoms with Crippen LogP contribution in [0.1, 0.15) is 17.3 Å². The first-order valence-corrected chi connectivity index (χ1v) is 9.63. The number of hydrogen-bond acceptors (Lipinski definition) is 6. The van der Waals surface area contributed by atoms with Crippen molar-refractivity contribution in [2.75, 3.05) is 22.4 Å². The average Bonchev–Trinajstić information content (AvgIpc) is 3.06. The number of amides is 2. The molecule has 3 rings (SSSR count). The number of rotatable bonds is 2. The number of benzene rings is 1. The van der Waals surface area contributed by atoms with Crippen LogP contribution in [0.3, 0.4) is 0 Å². The summed E-state index contributed by atoms with van der Waals surface area (Å²) in [5.74, 6) is -0.818. The van der Waals surface area contributed by atoms with Gasteiger partial charge >= 0.3 is 0 Å². The quantitative estimate of drug-likeness (QED) is 0.850. The first-order chi connectivity index (χ1) is 10.9. The maximum Gasteiger partial charge on any atom is 0.257 e. The third-order valence-corrected chi connectivity index (χ3v) is 6.27. The molecular weight excluding hydrogens is 338 g/mol. The lowest BCUT2D eigenvalue weighted by atomic mass is 10.1. The highest BCUT2D eigenvalue weighted by atomic mass is 32.2. The Labute approximate surface area is 138 Å². The van der Waals surface area contributed by atoms with Gasteiger partial charge in [-0.25, -0.2) is 12.7 Å². The molecule has 23 heavy (non-hydrogen) atoms. The van der Waals surface area contributed by atoms with E-state index in [2.05, 4.69) is 10.3 Å². The molecule has 1 N–H and O–H groups in total. The molecule has 0 radical (unpaired) electrons. The van der Waals surface area contributed by atoms with Crippen LogP contribution >= 0.6 is 11.8 Å². The Bertz CT molecular complexity index is 804. The van der Waals surface area contributed by atoms with Gasteiger partial charge in [0.1, 0.15) is 0 Å². The van der Waals surface area contributed by atoms with Gasteiger partial charge < -0.3 is 5.32 Å². The molecule has 2 heterocycles. The topological polar surface area (TPSA) is 95.9 Å². The summed E-state index contributed by atoms with van der Waals surface area (Å²) in [5.41, 5.74) is 0.466. The zero-order chi connectivity index (χ0) is 16.6. The van der Waals surface area contributed by atoms with Crippen molar-refractivity contribution in [3.8, 4) is 0 Å². The molecule has 9 heteroatoms. The van der Waals surface area contributed by atoms with E-state index in [1.165, 1.54) is 23.9 Å². The van der Waals surface area contributed by atoms with Crippen molar-refractivity contribution in [2.45, 2.75) is 6.92 Å². The number of thioether (sulfide) groups is 1. The molecule has 7 nitrogen and oxygen atoms in total. The van der Waals surface area contributed by atoms with E-state index in [1.807, 2.05) is 0 Å². The summed E-state index contributed by atoms with van der Waals surface area (Å²) in [6, 6.07) is 6.03. The van der Waals surface area contributed by atoms with Crippen LogP contribution in [0.5, 0.6) is 0 Å². The Kier molecular flexibility index (Phi) is 4.15. The Hall–Kier alpha value is -1.87. The third-order valence-electron chi connectivity index (χ3n) is 3.51. The van der Waals surface area contributed by atoms with Crippen LogP contribution in [0.2, 0.25) is 0 Å². The fourth-order valence-electron chi connectivity index (χ4n) is 2.44. The highest BCUT2D eigenvalue weighted by Crippen LogP contribution is 2.28. The van der Waals surface area contributed by atoms with Gasteiger partial charge in [-0.2, -0.15) is 0 Å². The number of anilines is 1. The number of carbonyl (C=O) groups is 2. The largest absolute Gasteiger partial charge is 0.301 e. The summed E-state index contributed by atoms with van der Waals surface area (Å²) in [4.78, 5) is 28.5. The van der Waals surface area contributed by atoms with E-state index in [0.717, 1.165) is 10.1 Å². The molecule has 2 aliphatic rings. The molecule has 2 amide bonds. The van der Waals surface area contributed by atoms with Gasteiger partial charge in [0, 0.05) is 11.3 Å². The molecule has 1 atom stereocenters. The number of aliphatic imine (C=N–C) groups is 1. The highest BCUT2D eigenvalue weighted by molar-refractivity contribution is 8.14. The zero-order valence-corrected chi connectivity index (χ0v) is 14.0. The lowest BCUT2D eigenvalue weighted by Gasteiger charge is -2.16. The van der Waals surface area contributed by atoms with Crippen molar-refractivity contribution in [2.24, 2.45) is 10.9 Å². The van der Waals surface area contributed by atoms with Crippen LogP contribution in [0.25, 0.3) is 0 Å². The van der Waals surface area contributed by atoms with E-state index in [-0.39, 0.29) is 22.9 Å². The molecule has 0 aliphatic carbocycles. The Morgan fingerprint density at radius 3 is 2.83 bits per heavy atom. The zero-order valence-electron chi connectivity index (χ0n) is 12.4. The lowest BCUT2D eigenvalue weighted by molar-refractivity contribution is -0.119. The molecule has 1 saturated heterocycles. The van der Waals surface area contributed by atoms with E-state index in [4.69, 9.17) is 0 Å². The van der Waals surface area contributed by atoms with Crippen molar-refractivity contribution in [3.63, 3.8) is 0 Å². The van der Waals surface area contributed by atoms with Gasteiger partial charge in [-0.05, 0) is 18.2 Å². The summed E-state index contributed by atoms with van der Waals surface area (Å²) in [6.07, 6.45) is 0. The van der Waals surface area contributed by atoms with Crippen molar-refractivity contribution < 1.29 is 18.0 Å². The summed E-state index contributed by atoms with van der Waals surface area (Å²) in [6.45, 7) is 2.24. The number of carbonyl (C=O) groups excluding carboxylic acids is 2. The van der Waals surface area contributed by atoms with Gasteiger partial charge in [0.2, 0.25) is 15.9 Å². The second kappa shape index (κ2) is 5.97. The molecule has 0 saturated carbocycles. The van der Waals surface area contributed by atoms with Gasteiger partial charge in [-0.1, -0.05) is 24.8 Å². The van der Waals surface area contributed by atoms with E-state index in [0.29, 0.717) is 11.7 Å². The lowest BCUT2D eigenvalue weighted by Crippen LogP contribution is -2.31. The number of nitrogens with one attached hydrogen (secondary N) is 1. The molecule has 1 unspecified atom stereocenters. The fourth-order valence-corrected chi connectivity index (χ4v) is 4.98. The van der Waals surface area contributed by atoms with E-state index in [1.54, 1.807) is 19.1 Å². The molecule has 0 spiro atoms. The fraction of sp³-hybridized carbons (Fsp3) is 0.357. The van der Waals surface area contributed by atoms with Gasteiger partial charge in [0.05, 0.1) is 23.9 Å². The van der Waals surface area contributed by atoms with Gasteiger partial charge in [-0.3, -0.25) is 14.6 Å². The maximum atomic E-state index is 12.2. The number of nitrogens with zero attached hydrogens (tertiary/aromatic N) is 2. The Morgan fingerprint density at radius 2 is 2.22 bits per heavy atom. The van der Waals surface area contributed by atoms with Crippen LogP contribution in [0, 0.1) is 5.92 Å². The average molecular weight is 353 g/mol. The summed E-state index contributed by atoms with van der Waals surface area (Å²) >= 11 is 1.45. The molecule has 122 valence electrons. The van der Waals surface area contributed by atoms with Gasteiger partial charge in [-0.15, -0.1) is 0 Å². The van der Waals surface area contributed by atoms with E-state index in [9.17, 15) is 18.0 Å². The van der Waals surface area contributed by atoms with Gasteiger partial charge in [0.15, 0.2) is 5.17 Å². The van der Waals surface area contributed by atoms with E-state index >= 15 is 0 Å². The third kappa shape index (κ3) is 3.11. The second-order valence-electron chi connectivity index (χ2n) is 5.32. The minimum atomic E-state index is -3.68. The SMILES string of the molecule is CC1CS(=O)(=O)N(c2cccc(C(=O)NC3=NCCS3)c2)C1=O. The normalized spacial score (nSPS) is 23.0. The predicted octanol–water partition coefficient (Wildman–Crippen LogP) is 0.832. The molecule has 1 aromatic rings. The molecule has 2 aliphatic heterocycles. The van der Waals surface area contributed by atoms with Crippen LogP contribution < -0.4 is 9.62 Å². The highest BCUT2D eigenvalue weighted by Gasteiger charge is 2.42. The monoisotopic (exact) mass is 353 g/mol. The maximum absolute atomic E-state index is 12.2. The van der Waals surface area contributed by atoms with Crippen LogP contribution in [0.15, 0.2) is 29.3 Å². The standard InChI is InChI=1S/C14H15N3O4S2/c1-9-8-23(20,21)17(13(9)19)11-4-2-3-10(7-11)12(18)16-14-15-5-6-22-14/h2-4,7,9H,5-6,8H2,1H3,(H,15,16,18). The van der Waals surface area contributed by atoms with Crippen molar-refractivity contribution in [1.29, 1.82) is 0 Å². The molecule has 0 aromatic heterocycles. The summed E-state index contributed by atoms with van der Waals surface area (Å²) in [7, 11) is -3.68. The smallest absolute Gasteiger partial charge is 0.257 e. The molecule has 1 aromatic carbocycles. The Balaban J connectivity index is 1.88. The molecule has 1 fully saturated rings. The summed E-state index contributed by atoms with van der Waals surface area (Å²) < 4.78 is 25.0.